The fourth-order valence-corrected chi connectivity index (χ4v) is 17.0. The lowest BCUT2D eigenvalue weighted by Crippen LogP contribution is -2.60. The highest BCUT2D eigenvalue weighted by Gasteiger charge is 2.51. The molecule has 108 heavy (non-hydrogen) atoms. The monoisotopic (exact) mass is 1530 g/mol. The van der Waals surface area contributed by atoms with Crippen LogP contribution in [0.1, 0.15) is 157 Å². The van der Waals surface area contributed by atoms with Gasteiger partial charge in [-0.05, 0) is 177 Å². The number of rotatable bonds is 13. The van der Waals surface area contributed by atoms with Gasteiger partial charge in [-0.25, -0.2) is 4.79 Å². The number of ether oxygens (including phenoxy) is 5. The van der Waals surface area contributed by atoms with Gasteiger partial charge < -0.3 is 96.6 Å². The number of nitrogens with one attached hydrogen (secondary N) is 4. The summed E-state index contributed by atoms with van der Waals surface area (Å²) >= 11 is 14.2. The lowest BCUT2D eigenvalue weighted by molar-refractivity contribution is -0.277. The molecule has 6 amide bonds. The van der Waals surface area contributed by atoms with Crippen molar-refractivity contribution >= 4 is 76.2 Å². The molecule has 31 heteroatoms. The summed E-state index contributed by atoms with van der Waals surface area (Å²) in [7, 11) is 1.30. The van der Waals surface area contributed by atoms with Crippen LogP contribution >= 0.6 is 23.2 Å². The van der Waals surface area contributed by atoms with Crippen molar-refractivity contribution in [3.05, 3.63) is 117 Å². The highest BCUT2D eigenvalue weighted by molar-refractivity contribution is 6.32. The molecular weight excluding hydrogens is 1450 g/mol. The Morgan fingerprint density at radius 1 is 0.676 bits per heavy atom. The summed E-state index contributed by atoms with van der Waals surface area (Å²) in [5.74, 6) is -15.7. The van der Waals surface area contributed by atoms with Crippen LogP contribution in [0, 0.1) is 41.4 Å². The van der Waals surface area contributed by atoms with E-state index >= 15 is 28.8 Å². The van der Waals surface area contributed by atoms with Gasteiger partial charge in [0.15, 0.2) is 28.8 Å². The van der Waals surface area contributed by atoms with Gasteiger partial charge in [-0.15, -0.1) is 0 Å². The second-order valence-corrected chi connectivity index (χ2v) is 31.8. The Morgan fingerprint density at radius 3 is 1.87 bits per heavy atom. The van der Waals surface area contributed by atoms with Crippen molar-refractivity contribution < 1.29 is 113 Å². The van der Waals surface area contributed by atoms with Gasteiger partial charge >= 0.3 is 6.09 Å². The topological polar surface area (TPSA) is 459 Å². The molecule has 4 saturated carbocycles. The molecule has 6 aliphatic heterocycles. The minimum atomic E-state index is -2.18. The molecule has 0 radical (unpaired) electrons. The lowest BCUT2D eigenvalue weighted by atomic mass is 9.51. The molecule has 14 atom stereocenters. The van der Waals surface area contributed by atoms with Crippen LogP contribution in [-0.4, -0.2) is 172 Å². The summed E-state index contributed by atoms with van der Waals surface area (Å²) in [6.45, 7) is 7.40. The van der Waals surface area contributed by atoms with Gasteiger partial charge in [-0.2, -0.15) is 0 Å². The number of nitrogens with two attached hydrogens (primary N) is 1. The van der Waals surface area contributed by atoms with Gasteiger partial charge in [0.2, 0.25) is 41.6 Å². The van der Waals surface area contributed by atoms with Gasteiger partial charge in [0.25, 0.3) is 0 Å². The number of hydrogen-bond donors (Lipinski definition) is 14. The second kappa shape index (κ2) is 31.4. The number of halogens is 2. The Hall–Kier alpha value is -9.17. The Balaban J connectivity index is 1.04. The zero-order valence-corrected chi connectivity index (χ0v) is 61.4. The molecule has 5 unspecified atom stereocenters. The smallest absolute Gasteiger partial charge is 0.410 e. The summed E-state index contributed by atoms with van der Waals surface area (Å²) in [6, 6.07) is 5.48. The first-order valence-corrected chi connectivity index (χ1v) is 36.7. The molecule has 29 nitrogen and oxygen atoms in total. The molecule has 5 aromatic carbocycles. The van der Waals surface area contributed by atoms with Gasteiger partial charge in [-0.1, -0.05) is 55.2 Å². The van der Waals surface area contributed by atoms with Crippen molar-refractivity contribution in [3.8, 4) is 57.1 Å². The number of phenols is 3. The average Bonchev–Trinajstić information content (AvgIpc) is 0.761. The van der Waals surface area contributed by atoms with Crippen LogP contribution in [-0.2, 0) is 47.8 Å². The van der Waals surface area contributed by atoms with E-state index in [1.165, 1.54) is 43.4 Å². The Bertz CT molecular complexity index is 4370. The lowest BCUT2D eigenvalue weighted by Gasteiger charge is -2.54. The molecule has 5 fully saturated rings. The van der Waals surface area contributed by atoms with Crippen LogP contribution in [0.15, 0.2) is 78.9 Å². The van der Waals surface area contributed by atoms with Crippen LogP contribution < -0.4 is 41.2 Å². The number of fused-ring (bicyclic) bond motifs is 15. The first-order chi connectivity index (χ1) is 51.0. The summed E-state index contributed by atoms with van der Waals surface area (Å²) in [5, 5.41) is 114. The van der Waals surface area contributed by atoms with Crippen LogP contribution in [0.3, 0.4) is 0 Å². The van der Waals surface area contributed by atoms with Gasteiger partial charge in [0.1, 0.15) is 101 Å². The largest absolute Gasteiger partial charge is 0.508 e. The standard InChI is InChI=1S/C77H88Cl2N6O23/c1-31(2)13-48(85(6)76(103)108-77(3,4)5)73(101)83-63-51(90)22-40(25-59(80)93)71(99)81-61-39-23-56(104-54-11-8-35(65(63)94)20-46(54)78)70(107-75-69(98)68(97)67(96)58(30-86)106-75)57(24-39)105-55-12-9-36(21-47(55)79)66(95)64-74(102)82-62(53(92)28-42-37-15-32-14-33(17-37)18-38(42)16-32)45-26-41(87)27-50(89)60(45)44-19-34(7-10-49(44)88)43(29-52(61)91)72(100)84-64/h7-12,19-21,23-24,26-27,31-33,37-38,40,42-43,48,58,61-69,75,86-89,94-98H,13-18,22,25,28-30H2,1-6H3,(H2,80,93)(H,81,99)(H,82,102)(H,83,101)(H,84,100)/t32?,33?,37?,38?,40-,42?,43+,48+,58?,61+,62-,63-,64-,65+,66+,67?,68?,69?,75?/m0/s1. The number of aliphatic hydroxyl groups excluding tert-OH is 6. The van der Waals surface area contributed by atoms with Crippen LogP contribution in [0.5, 0.6) is 46.0 Å². The Morgan fingerprint density at radius 2 is 1.29 bits per heavy atom. The highest BCUT2D eigenvalue weighted by atomic mass is 35.5. The van der Waals surface area contributed by atoms with Crippen molar-refractivity contribution in [1.29, 1.82) is 0 Å². The SMILES string of the molecule is CC(C)C[C@H](C(=O)N[C@H]1C(=O)C[C@@H](CC(N)=O)C(=O)N[C@H]2C(=O)C[C@H]3C(=O)N[C@H](C(=O)N[C@H](C(=O)CC4C5CC6CC(C5)CC4C6)c4cc(O)cc(O)c4-c4cc3ccc4O)[C@H](O)c3ccc(c(Cl)c3)Oc3cc2cc(c3OC2OC(CO)C(O)C(O)C2O)Oc2ccc(cc2Cl)[C@H]1O)N(C)C(=O)OC(C)(C)C. The average molecular weight is 1540 g/mol. The third-order valence-electron chi connectivity index (χ3n) is 21.7. The van der Waals surface area contributed by atoms with E-state index in [0.29, 0.717) is 11.8 Å². The summed E-state index contributed by atoms with van der Waals surface area (Å²) in [6.07, 6.45) is -13.3. The summed E-state index contributed by atoms with van der Waals surface area (Å²) in [5.41, 5.74) is 3.19. The van der Waals surface area contributed by atoms with Crippen molar-refractivity contribution in [2.24, 2.45) is 47.2 Å². The fourth-order valence-electron chi connectivity index (χ4n) is 16.5. The van der Waals surface area contributed by atoms with E-state index in [1.807, 2.05) is 0 Å². The minimum Gasteiger partial charge on any atom is -0.508 e. The third kappa shape index (κ3) is 16.4. The Labute approximate surface area is 630 Å². The zero-order chi connectivity index (χ0) is 78.0. The van der Waals surface area contributed by atoms with E-state index in [1.54, 1.807) is 34.6 Å². The van der Waals surface area contributed by atoms with E-state index in [9.17, 15) is 60.3 Å². The zero-order valence-electron chi connectivity index (χ0n) is 59.9. The number of carbonyl (C=O) groups is 9. The van der Waals surface area contributed by atoms with Gasteiger partial charge in [-0.3, -0.25) is 43.3 Å². The molecule has 10 aliphatic rings. The molecule has 4 aliphatic carbocycles. The highest BCUT2D eigenvalue weighted by Crippen LogP contribution is 2.58. The number of benzene rings is 5. The molecule has 15 bridgehead atoms. The number of phenolic OH excluding ortho intramolecular Hbond substituents is 3. The first kappa shape index (κ1) is 78.4. The molecule has 15 N–H and O–H groups in total. The predicted molar refractivity (Wildman–Crippen MR) is 383 cm³/mol. The number of aromatic hydroxyl groups is 3. The molecular formula is C77H88Cl2N6O23. The van der Waals surface area contributed by atoms with E-state index < -0.39 is 204 Å². The number of Topliss-reactive ketones (excluding diaryl/α,β-unsaturated/α-hetero) is 3. The fraction of sp³-hybridized carbons (Fsp3) is 0.494. The van der Waals surface area contributed by atoms with Gasteiger partial charge in [0, 0.05) is 49.9 Å². The summed E-state index contributed by atoms with van der Waals surface area (Å²) < 4.78 is 30.9. The number of likely N-dealkylation sites (N-methyl/N-ethyl adjacent to an activating group) is 1. The second-order valence-electron chi connectivity index (χ2n) is 31.0. The van der Waals surface area contributed by atoms with Crippen molar-refractivity contribution in [2.45, 2.75) is 183 Å². The number of nitrogens with zero attached hydrogens (tertiary/aromatic N) is 1. The maximum absolute atomic E-state index is 16.3. The van der Waals surface area contributed by atoms with Crippen molar-refractivity contribution in [2.75, 3.05) is 13.7 Å². The molecule has 5 aromatic rings. The number of hydrogen-bond acceptors (Lipinski definition) is 23. The van der Waals surface area contributed by atoms with E-state index in [2.05, 4.69) is 21.3 Å². The normalized spacial score (nSPS) is 29.3. The van der Waals surface area contributed by atoms with Gasteiger partial charge in [0.05, 0.1) is 28.5 Å². The molecule has 578 valence electrons. The van der Waals surface area contributed by atoms with E-state index in [4.69, 9.17) is 52.6 Å². The van der Waals surface area contributed by atoms with E-state index in [0.717, 1.165) is 79.5 Å². The number of amides is 6. The Kier molecular flexibility index (Phi) is 22.8. The quantitative estimate of drug-likeness (QED) is 0.0603. The van der Waals surface area contributed by atoms with E-state index in [-0.39, 0.29) is 97.0 Å². The summed E-state index contributed by atoms with van der Waals surface area (Å²) in [4.78, 5) is 137. The maximum Gasteiger partial charge on any atom is 0.410 e. The number of ketones is 3. The molecule has 0 aromatic heterocycles. The van der Waals surface area contributed by atoms with Crippen LogP contribution in [0.25, 0.3) is 11.1 Å². The third-order valence-corrected chi connectivity index (χ3v) is 22.3. The minimum absolute atomic E-state index is 0.0198. The molecule has 15 rings (SSSR count). The number of primary amides is 1. The molecule has 0 spiro atoms. The van der Waals surface area contributed by atoms with Crippen molar-refractivity contribution in [1.82, 2.24) is 26.2 Å². The van der Waals surface area contributed by atoms with Crippen molar-refractivity contribution in [3.63, 3.8) is 0 Å². The molecule has 1 saturated heterocycles. The van der Waals surface area contributed by atoms with Crippen LogP contribution in [0.4, 0.5) is 4.79 Å². The maximum atomic E-state index is 16.3. The molecule has 6 heterocycles. The number of aliphatic hydroxyl groups is 6. The van der Waals surface area contributed by atoms with Crippen LogP contribution in [0.2, 0.25) is 10.0 Å². The number of carbonyl (C=O) groups excluding carboxylic acids is 9. The first-order valence-electron chi connectivity index (χ1n) is 35.9. The predicted octanol–water partition coefficient (Wildman–Crippen LogP) is 6.44.